The molecular formula is C25H24N4O5. The average Bonchev–Trinajstić information content (AvgIpc) is 2.87. The fraction of sp³-hybridized carbons (Fsp3) is 0.120. The molecule has 0 aliphatic carbocycles. The second-order valence-corrected chi connectivity index (χ2v) is 6.98. The number of benzene rings is 3. The van der Waals surface area contributed by atoms with Gasteiger partial charge in [0.1, 0.15) is 0 Å². The van der Waals surface area contributed by atoms with Gasteiger partial charge in [-0.05, 0) is 41.5 Å². The van der Waals surface area contributed by atoms with Crippen molar-refractivity contribution in [3.05, 3.63) is 90.0 Å². The fourth-order valence-electron chi connectivity index (χ4n) is 2.82. The molecule has 0 radical (unpaired) electrons. The topological polar surface area (TPSA) is 118 Å². The second kappa shape index (κ2) is 12.4. The van der Waals surface area contributed by atoms with E-state index in [4.69, 9.17) is 9.47 Å². The van der Waals surface area contributed by atoms with E-state index in [0.717, 1.165) is 5.56 Å². The zero-order valence-corrected chi connectivity index (χ0v) is 18.5. The summed E-state index contributed by atoms with van der Waals surface area (Å²) in [5.41, 5.74) is 4.31. The van der Waals surface area contributed by atoms with Crippen LogP contribution in [-0.2, 0) is 20.9 Å². The number of carbonyl (C=O) groups is 3. The summed E-state index contributed by atoms with van der Waals surface area (Å²) in [7, 11) is 1.46. The van der Waals surface area contributed by atoms with Crippen LogP contribution in [0.25, 0.3) is 0 Å². The minimum absolute atomic E-state index is 0.202. The zero-order valence-electron chi connectivity index (χ0n) is 18.5. The summed E-state index contributed by atoms with van der Waals surface area (Å²) in [6, 6.07) is 23.2. The highest BCUT2D eigenvalue weighted by atomic mass is 16.5. The smallest absolute Gasteiger partial charge is 0.329 e. The van der Waals surface area contributed by atoms with E-state index in [2.05, 4.69) is 21.2 Å². The number of carbonyl (C=O) groups excluding carboxylic acids is 3. The van der Waals surface area contributed by atoms with Crippen molar-refractivity contribution in [2.45, 2.75) is 6.54 Å². The highest BCUT2D eigenvalue weighted by Gasteiger charge is 2.12. The van der Waals surface area contributed by atoms with Gasteiger partial charge in [0.2, 0.25) is 0 Å². The number of rotatable bonds is 9. The lowest BCUT2D eigenvalue weighted by atomic mass is 10.2. The molecule has 3 N–H and O–H groups in total. The quantitative estimate of drug-likeness (QED) is 0.258. The van der Waals surface area contributed by atoms with Crippen molar-refractivity contribution in [3.63, 3.8) is 0 Å². The van der Waals surface area contributed by atoms with Gasteiger partial charge in [0.15, 0.2) is 18.1 Å². The minimum Gasteiger partial charge on any atom is -0.493 e. The lowest BCUT2D eigenvalue weighted by molar-refractivity contribution is -0.139. The van der Waals surface area contributed by atoms with E-state index in [1.165, 1.54) is 13.3 Å². The van der Waals surface area contributed by atoms with E-state index < -0.39 is 11.8 Å². The molecule has 0 heterocycles. The summed E-state index contributed by atoms with van der Waals surface area (Å²) in [5, 5.41) is 9.04. The number of nitrogens with one attached hydrogen (secondary N) is 3. The molecule has 3 aromatic rings. The van der Waals surface area contributed by atoms with Gasteiger partial charge in [-0.15, -0.1) is 0 Å². The molecule has 0 aliphatic rings. The number of hydrogen-bond donors (Lipinski definition) is 3. The lowest BCUT2D eigenvalue weighted by Gasteiger charge is -2.11. The van der Waals surface area contributed by atoms with Crippen molar-refractivity contribution in [2.24, 2.45) is 5.10 Å². The monoisotopic (exact) mass is 460 g/mol. The van der Waals surface area contributed by atoms with E-state index >= 15 is 0 Å². The molecule has 0 aromatic heterocycles. The molecule has 3 rings (SSSR count). The van der Waals surface area contributed by atoms with E-state index in [1.54, 1.807) is 30.3 Å². The third-order valence-electron chi connectivity index (χ3n) is 4.49. The Balaban J connectivity index is 1.48. The molecule has 34 heavy (non-hydrogen) atoms. The van der Waals surface area contributed by atoms with Crippen LogP contribution in [0.3, 0.4) is 0 Å². The van der Waals surface area contributed by atoms with E-state index in [9.17, 15) is 14.4 Å². The summed E-state index contributed by atoms with van der Waals surface area (Å²) in [6.45, 7) is 0.0334. The molecular weight excluding hydrogens is 436 g/mol. The normalized spacial score (nSPS) is 10.4. The van der Waals surface area contributed by atoms with Gasteiger partial charge >= 0.3 is 11.8 Å². The van der Waals surface area contributed by atoms with Crippen LogP contribution >= 0.6 is 0 Å². The number of para-hydroxylation sites is 1. The lowest BCUT2D eigenvalue weighted by Crippen LogP contribution is -2.37. The SMILES string of the molecule is COc1cc(/C=N\NC(=O)C(=O)NCc2ccccc2)ccc1OCC(=O)Nc1ccccc1. The maximum atomic E-state index is 12.1. The largest absolute Gasteiger partial charge is 0.493 e. The standard InChI is InChI=1S/C25H24N4O5/c1-33-22-14-19(12-13-21(22)34-17-23(30)28-20-10-6-3-7-11-20)16-27-29-25(32)24(31)26-15-18-8-4-2-5-9-18/h2-14,16H,15,17H2,1H3,(H,26,31)(H,28,30)(H,29,32)/b27-16-. The van der Waals surface area contributed by atoms with Crippen molar-refractivity contribution >= 4 is 29.6 Å². The van der Waals surface area contributed by atoms with Gasteiger partial charge in [-0.1, -0.05) is 48.5 Å². The Morgan fingerprint density at radius 2 is 1.59 bits per heavy atom. The summed E-state index contributed by atoms with van der Waals surface area (Å²) < 4.78 is 10.9. The van der Waals surface area contributed by atoms with Crippen LogP contribution in [0.4, 0.5) is 5.69 Å². The van der Waals surface area contributed by atoms with Crippen molar-refractivity contribution in [1.29, 1.82) is 0 Å². The first-order chi connectivity index (χ1) is 16.5. The molecule has 9 heteroatoms. The van der Waals surface area contributed by atoms with Crippen molar-refractivity contribution in [2.75, 3.05) is 19.0 Å². The zero-order chi connectivity index (χ0) is 24.2. The number of ether oxygens (including phenoxy) is 2. The maximum Gasteiger partial charge on any atom is 0.329 e. The van der Waals surface area contributed by atoms with Crippen LogP contribution < -0.4 is 25.5 Å². The van der Waals surface area contributed by atoms with Crippen LogP contribution in [0, 0.1) is 0 Å². The Labute approximate surface area is 196 Å². The molecule has 174 valence electrons. The number of hydrazone groups is 1. The van der Waals surface area contributed by atoms with Crippen molar-refractivity contribution in [3.8, 4) is 11.5 Å². The van der Waals surface area contributed by atoms with Crippen LogP contribution in [0.2, 0.25) is 0 Å². The van der Waals surface area contributed by atoms with Crippen LogP contribution in [0.5, 0.6) is 11.5 Å². The molecule has 0 spiro atoms. The minimum atomic E-state index is -0.886. The van der Waals surface area contributed by atoms with Gasteiger partial charge in [0.25, 0.3) is 5.91 Å². The maximum absolute atomic E-state index is 12.1. The first kappa shape index (κ1) is 24.0. The number of amides is 3. The third-order valence-corrected chi connectivity index (χ3v) is 4.49. The number of nitrogens with zero attached hydrogens (tertiary/aromatic N) is 1. The van der Waals surface area contributed by atoms with E-state index in [1.807, 2.05) is 48.5 Å². The van der Waals surface area contributed by atoms with Crippen LogP contribution in [0.1, 0.15) is 11.1 Å². The van der Waals surface area contributed by atoms with Gasteiger partial charge in [-0.2, -0.15) is 5.10 Å². The summed E-state index contributed by atoms with van der Waals surface area (Å²) in [6.07, 6.45) is 1.36. The molecule has 9 nitrogen and oxygen atoms in total. The van der Waals surface area contributed by atoms with E-state index in [-0.39, 0.29) is 19.1 Å². The van der Waals surface area contributed by atoms with Crippen LogP contribution in [0.15, 0.2) is 84.0 Å². The van der Waals surface area contributed by atoms with Gasteiger partial charge in [0, 0.05) is 12.2 Å². The molecule has 0 bridgehead atoms. The molecule has 3 aromatic carbocycles. The number of methoxy groups -OCH3 is 1. The highest BCUT2D eigenvalue weighted by Crippen LogP contribution is 2.27. The number of anilines is 1. The number of hydrogen-bond acceptors (Lipinski definition) is 6. The van der Waals surface area contributed by atoms with Crippen LogP contribution in [-0.4, -0.2) is 37.7 Å². The Morgan fingerprint density at radius 1 is 0.882 bits per heavy atom. The Kier molecular flexibility index (Phi) is 8.75. The summed E-state index contributed by atoms with van der Waals surface area (Å²) >= 11 is 0. The van der Waals surface area contributed by atoms with Gasteiger partial charge in [-0.25, -0.2) is 5.43 Å². The molecule has 0 unspecified atom stereocenters. The molecule has 3 amide bonds. The molecule has 0 fully saturated rings. The summed E-state index contributed by atoms with van der Waals surface area (Å²) in [5.74, 6) is -1.25. The Morgan fingerprint density at radius 3 is 2.29 bits per heavy atom. The first-order valence-electron chi connectivity index (χ1n) is 10.4. The van der Waals surface area contributed by atoms with Gasteiger partial charge in [0.05, 0.1) is 13.3 Å². The first-order valence-corrected chi connectivity index (χ1v) is 10.4. The highest BCUT2D eigenvalue weighted by molar-refractivity contribution is 6.35. The molecule has 0 atom stereocenters. The van der Waals surface area contributed by atoms with Gasteiger partial charge < -0.3 is 20.1 Å². The van der Waals surface area contributed by atoms with Gasteiger partial charge in [-0.3, -0.25) is 14.4 Å². The predicted octanol–water partition coefficient (Wildman–Crippen LogP) is 2.48. The fourth-order valence-corrected chi connectivity index (χ4v) is 2.82. The van der Waals surface area contributed by atoms with E-state index in [0.29, 0.717) is 22.7 Å². The third kappa shape index (κ3) is 7.49. The molecule has 0 saturated heterocycles. The van der Waals surface area contributed by atoms with Crippen molar-refractivity contribution in [1.82, 2.24) is 10.7 Å². The Bertz CT molecular complexity index is 1150. The average molecular weight is 460 g/mol. The predicted molar refractivity (Wildman–Crippen MR) is 128 cm³/mol. The van der Waals surface area contributed by atoms with Crippen molar-refractivity contribution < 1.29 is 23.9 Å². The summed E-state index contributed by atoms with van der Waals surface area (Å²) in [4.78, 5) is 35.8. The molecule has 0 saturated carbocycles. The Hall–Kier alpha value is -4.66. The molecule has 0 aliphatic heterocycles. The second-order valence-electron chi connectivity index (χ2n) is 6.98.